The van der Waals surface area contributed by atoms with E-state index >= 15 is 0 Å². The van der Waals surface area contributed by atoms with Crippen LogP contribution >= 0.6 is 11.3 Å². The molecule has 0 spiro atoms. The Balaban J connectivity index is 1.25. The summed E-state index contributed by atoms with van der Waals surface area (Å²) in [5.41, 5.74) is 1.68. The fourth-order valence-electron chi connectivity index (χ4n) is 2.98. The number of nitrogens with zero attached hydrogens (tertiary/aromatic N) is 2. The number of imide groups is 1. The lowest BCUT2D eigenvalue weighted by atomic mass is 10.1. The van der Waals surface area contributed by atoms with Gasteiger partial charge in [0, 0.05) is 31.1 Å². The highest BCUT2D eigenvalue weighted by Gasteiger charge is 2.34. The van der Waals surface area contributed by atoms with Gasteiger partial charge in [0.15, 0.2) is 0 Å². The molecule has 1 aliphatic rings. The fraction of sp³-hybridized carbons (Fsp3) is 0.143. The SMILES string of the molecule is O=C(CCN1C(=O)c2ccccc2C1=O)NCc1ccc(Oc2nccs2)cc1. The van der Waals surface area contributed by atoms with E-state index in [-0.39, 0.29) is 30.7 Å². The lowest BCUT2D eigenvalue weighted by Crippen LogP contribution is -2.34. The Kier molecular flexibility index (Phi) is 5.35. The van der Waals surface area contributed by atoms with Gasteiger partial charge in [0.1, 0.15) is 5.75 Å². The van der Waals surface area contributed by atoms with Gasteiger partial charge in [-0.2, -0.15) is 0 Å². The summed E-state index contributed by atoms with van der Waals surface area (Å²) >= 11 is 1.41. The van der Waals surface area contributed by atoms with Crippen LogP contribution in [0.15, 0.2) is 60.1 Å². The van der Waals surface area contributed by atoms with Crippen LogP contribution in [0.2, 0.25) is 0 Å². The van der Waals surface area contributed by atoms with Gasteiger partial charge in [-0.1, -0.05) is 35.6 Å². The van der Waals surface area contributed by atoms with Crippen LogP contribution in [0.1, 0.15) is 32.7 Å². The second-order valence-electron chi connectivity index (χ2n) is 6.38. The number of carbonyl (C=O) groups is 3. The number of hydrogen-bond donors (Lipinski definition) is 1. The van der Waals surface area contributed by atoms with Crippen LogP contribution in [0.25, 0.3) is 0 Å². The molecule has 0 saturated carbocycles. The number of ether oxygens (including phenoxy) is 1. The molecule has 4 rings (SSSR count). The number of rotatable bonds is 7. The van der Waals surface area contributed by atoms with Crippen molar-refractivity contribution in [3.63, 3.8) is 0 Å². The molecule has 29 heavy (non-hydrogen) atoms. The van der Waals surface area contributed by atoms with Crippen LogP contribution in [-0.4, -0.2) is 34.2 Å². The zero-order valence-electron chi connectivity index (χ0n) is 15.3. The van der Waals surface area contributed by atoms with Crippen LogP contribution in [0.4, 0.5) is 0 Å². The molecule has 1 aromatic heterocycles. The average Bonchev–Trinajstić information content (AvgIpc) is 3.33. The van der Waals surface area contributed by atoms with Gasteiger partial charge >= 0.3 is 0 Å². The van der Waals surface area contributed by atoms with Crippen molar-refractivity contribution in [2.45, 2.75) is 13.0 Å². The van der Waals surface area contributed by atoms with E-state index in [0.717, 1.165) is 10.5 Å². The van der Waals surface area contributed by atoms with E-state index in [1.165, 1.54) is 11.3 Å². The van der Waals surface area contributed by atoms with Gasteiger partial charge in [-0.25, -0.2) is 4.98 Å². The normalized spacial score (nSPS) is 12.8. The van der Waals surface area contributed by atoms with E-state index in [4.69, 9.17) is 4.74 Å². The van der Waals surface area contributed by atoms with E-state index in [1.807, 2.05) is 29.6 Å². The topological polar surface area (TPSA) is 88.6 Å². The highest BCUT2D eigenvalue weighted by molar-refractivity contribution is 7.11. The molecule has 0 unspecified atom stereocenters. The Morgan fingerprint density at radius 3 is 2.34 bits per heavy atom. The number of carbonyl (C=O) groups excluding carboxylic acids is 3. The van der Waals surface area contributed by atoms with Crippen molar-refractivity contribution in [1.82, 2.24) is 15.2 Å². The molecule has 3 amide bonds. The van der Waals surface area contributed by atoms with Crippen LogP contribution in [-0.2, 0) is 11.3 Å². The van der Waals surface area contributed by atoms with E-state index < -0.39 is 0 Å². The lowest BCUT2D eigenvalue weighted by Gasteiger charge is -2.13. The Morgan fingerprint density at radius 2 is 1.72 bits per heavy atom. The first-order valence-corrected chi connectivity index (χ1v) is 9.88. The predicted octanol–water partition coefficient (Wildman–Crippen LogP) is 3.24. The highest BCUT2D eigenvalue weighted by Crippen LogP contribution is 2.24. The van der Waals surface area contributed by atoms with Gasteiger partial charge < -0.3 is 10.1 Å². The first-order valence-electron chi connectivity index (χ1n) is 9.00. The van der Waals surface area contributed by atoms with Crippen molar-refractivity contribution >= 4 is 29.1 Å². The molecule has 0 aliphatic carbocycles. The molecule has 8 heteroatoms. The lowest BCUT2D eigenvalue weighted by molar-refractivity contribution is -0.121. The average molecular weight is 407 g/mol. The zero-order valence-corrected chi connectivity index (χ0v) is 16.1. The summed E-state index contributed by atoms with van der Waals surface area (Å²) in [6, 6.07) is 14.0. The molecule has 0 bridgehead atoms. The molecule has 7 nitrogen and oxygen atoms in total. The summed E-state index contributed by atoms with van der Waals surface area (Å²) in [6.45, 7) is 0.400. The van der Waals surface area contributed by atoms with Gasteiger partial charge in [0.05, 0.1) is 11.1 Å². The molecule has 1 N–H and O–H groups in total. The van der Waals surface area contributed by atoms with Gasteiger partial charge in [-0.3, -0.25) is 19.3 Å². The molecule has 1 aliphatic heterocycles. The first kappa shape index (κ1) is 18.8. The van der Waals surface area contributed by atoms with E-state index in [1.54, 1.807) is 30.5 Å². The molecule has 3 aromatic rings. The fourth-order valence-corrected chi connectivity index (χ4v) is 3.49. The summed E-state index contributed by atoms with van der Waals surface area (Å²) in [4.78, 5) is 41.9. The number of amides is 3. The van der Waals surface area contributed by atoms with Gasteiger partial charge in [-0.15, -0.1) is 0 Å². The second kappa shape index (κ2) is 8.24. The summed E-state index contributed by atoms with van der Waals surface area (Å²) < 4.78 is 5.59. The van der Waals surface area contributed by atoms with Gasteiger partial charge in [0.25, 0.3) is 17.0 Å². The number of fused-ring (bicyclic) bond motifs is 1. The van der Waals surface area contributed by atoms with Crippen LogP contribution in [0.5, 0.6) is 10.9 Å². The van der Waals surface area contributed by atoms with Crippen molar-refractivity contribution < 1.29 is 19.1 Å². The molecule has 0 radical (unpaired) electrons. The number of hydrogen-bond acceptors (Lipinski definition) is 6. The van der Waals surface area contributed by atoms with Crippen molar-refractivity contribution in [1.29, 1.82) is 0 Å². The van der Waals surface area contributed by atoms with E-state index in [0.29, 0.717) is 28.6 Å². The Labute approximate surface area is 170 Å². The summed E-state index contributed by atoms with van der Waals surface area (Å²) in [7, 11) is 0. The third kappa shape index (κ3) is 4.17. The molecule has 146 valence electrons. The molecule has 0 fully saturated rings. The first-order chi connectivity index (χ1) is 14.1. The molecular weight excluding hydrogens is 390 g/mol. The van der Waals surface area contributed by atoms with Crippen LogP contribution in [0.3, 0.4) is 0 Å². The van der Waals surface area contributed by atoms with E-state index in [2.05, 4.69) is 10.3 Å². The third-order valence-electron chi connectivity index (χ3n) is 4.47. The standard InChI is InChI=1S/C21H17N3O4S/c25-18(9-11-24-19(26)16-3-1-2-4-17(16)20(24)27)23-13-14-5-7-15(8-6-14)28-21-22-10-12-29-21/h1-8,10,12H,9,11,13H2,(H,23,25). The second-order valence-corrected chi connectivity index (χ2v) is 7.24. The number of thiazole rings is 1. The summed E-state index contributed by atoms with van der Waals surface area (Å²) in [5.74, 6) is -0.270. The molecule has 0 saturated heterocycles. The van der Waals surface area contributed by atoms with Crippen molar-refractivity contribution in [2.75, 3.05) is 6.54 Å². The third-order valence-corrected chi connectivity index (χ3v) is 5.12. The Bertz CT molecular complexity index is 1010. The minimum absolute atomic E-state index is 0.0523. The van der Waals surface area contributed by atoms with E-state index in [9.17, 15) is 14.4 Å². The molecule has 2 aromatic carbocycles. The van der Waals surface area contributed by atoms with Crippen molar-refractivity contribution in [3.05, 3.63) is 76.8 Å². The summed E-state index contributed by atoms with van der Waals surface area (Å²) in [6.07, 6.45) is 1.72. The van der Waals surface area contributed by atoms with Gasteiger partial charge in [0.2, 0.25) is 5.91 Å². The van der Waals surface area contributed by atoms with Crippen LogP contribution < -0.4 is 10.1 Å². The predicted molar refractivity (Wildman–Crippen MR) is 107 cm³/mol. The summed E-state index contributed by atoms with van der Waals surface area (Å²) in [5, 5.41) is 5.20. The molecule has 2 heterocycles. The van der Waals surface area contributed by atoms with Crippen molar-refractivity contribution in [3.8, 4) is 10.9 Å². The van der Waals surface area contributed by atoms with Crippen LogP contribution in [0, 0.1) is 0 Å². The van der Waals surface area contributed by atoms with Gasteiger partial charge in [-0.05, 0) is 29.8 Å². The largest absolute Gasteiger partial charge is 0.431 e. The Hall–Kier alpha value is -3.52. The monoisotopic (exact) mass is 407 g/mol. The smallest absolute Gasteiger partial charge is 0.278 e. The maximum absolute atomic E-state index is 12.3. The minimum Gasteiger partial charge on any atom is -0.431 e. The Morgan fingerprint density at radius 1 is 1.03 bits per heavy atom. The minimum atomic E-state index is -0.353. The maximum Gasteiger partial charge on any atom is 0.278 e. The molecular formula is C21H17N3O4S. The van der Waals surface area contributed by atoms with Crippen molar-refractivity contribution in [2.24, 2.45) is 0 Å². The molecule has 0 atom stereocenters. The maximum atomic E-state index is 12.3. The quantitative estimate of drug-likeness (QED) is 0.608. The number of aromatic nitrogens is 1. The zero-order chi connectivity index (χ0) is 20.2. The highest BCUT2D eigenvalue weighted by atomic mass is 32.1. The number of nitrogens with one attached hydrogen (secondary N) is 1. The number of benzene rings is 2.